The van der Waals surface area contributed by atoms with E-state index in [9.17, 15) is 13.2 Å². The van der Waals surface area contributed by atoms with Crippen molar-refractivity contribution in [2.24, 2.45) is 0 Å². The van der Waals surface area contributed by atoms with Crippen molar-refractivity contribution in [3.05, 3.63) is 77.2 Å². The van der Waals surface area contributed by atoms with Crippen molar-refractivity contribution in [3.63, 3.8) is 0 Å². The van der Waals surface area contributed by atoms with Gasteiger partial charge in [-0.3, -0.25) is 9.52 Å². The summed E-state index contributed by atoms with van der Waals surface area (Å²) in [4.78, 5) is 12.2. The number of thiophene rings is 1. The largest absolute Gasteiger partial charge is 0.492 e. The van der Waals surface area contributed by atoms with E-state index >= 15 is 0 Å². The first-order valence-corrected chi connectivity index (χ1v) is 10.9. The molecule has 0 aliphatic heterocycles. The van der Waals surface area contributed by atoms with E-state index in [4.69, 9.17) is 4.74 Å². The van der Waals surface area contributed by atoms with Crippen LogP contribution in [0, 0.1) is 6.92 Å². The number of aryl methyl sites for hydroxylation is 1. The molecule has 0 saturated heterocycles. The quantitative estimate of drug-likeness (QED) is 0.549. The highest BCUT2D eigenvalue weighted by molar-refractivity contribution is 7.94. The Bertz CT molecular complexity index is 1030. The van der Waals surface area contributed by atoms with Crippen molar-refractivity contribution in [3.8, 4) is 5.75 Å². The minimum absolute atomic E-state index is 0.239. The Kier molecular flexibility index (Phi) is 6.33. The highest BCUT2D eigenvalue weighted by Crippen LogP contribution is 2.20. The summed E-state index contributed by atoms with van der Waals surface area (Å²) in [7, 11) is -3.60. The number of hydrogen-bond donors (Lipinski definition) is 2. The van der Waals surface area contributed by atoms with E-state index in [0.29, 0.717) is 24.4 Å². The summed E-state index contributed by atoms with van der Waals surface area (Å²) in [5, 5.41) is 4.47. The average molecular weight is 417 g/mol. The molecule has 0 aliphatic rings. The SMILES string of the molecule is Cc1cccc(OCCNC(=O)c2ccc(NS(=O)(=O)c3cccs3)cc2)c1. The second kappa shape index (κ2) is 8.90. The molecule has 1 amide bonds. The molecule has 8 heteroatoms. The lowest BCUT2D eigenvalue weighted by Crippen LogP contribution is -2.28. The molecule has 0 bridgehead atoms. The number of sulfonamides is 1. The number of hydrogen-bond acceptors (Lipinski definition) is 5. The Morgan fingerprint density at radius 3 is 2.54 bits per heavy atom. The number of carbonyl (C=O) groups is 1. The van der Waals surface area contributed by atoms with Gasteiger partial charge in [-0.15, -0.1) is 11.3 Å². The Morgan fingerprint density at radius 1 is 1.07 bits per heavy atom. The lowest BCUT2D eigenvalue weighted by Gasteiger charge is -2.09. The molecule has 2 aromatic carbocycles. The van der Waals surface area contributed by atoms with E-state index < -0.39 is 10.0 Å². The van der Waals surface area contributed by atoms with Crippen LogP contribution in [0.15, 0.2) is 70.3 Å². The molecule has 3 rings (SSSR count). The van der Waals surface area contributed by atoms with Gasteiger partial charge in [0.2, 0.25) is 0 Å². The number of anilines is 1. The summed E-state index contributed by atoms with van der Waals surface area (Å²) in [5.74, 6) is 0.511. The summed E-state index contributed by atoms with van der Waals surface area (Å²) < 4.78 is 32.7. The molecule has 1 heterocycles. The smallest absolute Gasteiger partial charge is 0.271 e. The van der Waals surface area contributed by atoms with Crippen LogP contribution in [-0.4, -0.2) is 27.5 Å². The molecular weight excluding hydrogens is 396 g/mol. The standard InChI is InChI=1S/C20H20N2O4S2/c1-15-4-2-5-18(14-15)26-12-11-21-20(23)16-7-9-17(10-8-16)22-28(24,25)19-6-3-13-27-19/h2-10,13-14,22H,11-12H2,1H3,(H,21,23). The summed E-state index contributed by atoms with van der Waals surface area (Å²) in [6.45, 7) is 2.70. The number of nitrogens with one attached hydrogen (secondary N) is 2. The predicted octanol–water partition coefficient (Wildman–Crippen LogP) is 3.67. The second-order valence-electron chi connectivity index (χ2n) is 6.04. The molecule has 0 radical (unpaired) electrons. The van der Waals surface area contributed by atoms with Crippen LogP contribution in [0.5, 0.6) is 5.75 Å². The fourth-order valence-electron chi connectivity index (χ4n) is 2.45. The molecule has 28 heavy (non-hydrogen) atoms. The molecule has 0 spiro atoms. The normalized spacial score (nSPS) is 11.0. The summed E-state index contributed by atoms with van der Waals surface area (Å²) in [5.41, 5.74) is 1.94. The number of amides is 1. The van der Waals surface area contributed by atoms with Crippen molar-refractivity contribution in [2.75, 3.05) is 17.9 Å². The van der Waals surface area contributed by atoms with Gasteiger partial charge in [0.05, 0.1) is 6.54 Å². The zero-order valence-corrected chi connectivity index (χ0v) is 16.8. The maximum Gasteiger partial charge on any atom is 0.271 e. The molecule has 0 atom stereocenters. The monoisotopic (exact) mass is 416 g/mol. The third-order valence-electron chi connectivity index (χ3n) is 3.81. The van der Waals surface area contributed by atoms with E-state index in [2.05, 4.69) is 10.0 Å². The summed E-state index contributed by atoms with van der Waals surface area (Å²) in [6.07, 6.45) is 0. The highest BCUT2D eigenvalue weighted by Gasteiger charge is 2.15. The maximum atomic E-state index is 12.2. The molecule has 2 N–H and O–H groups in total. The van der Waals surface area contributed by atoms with Gasteiger partial charge in [-0.25, -0.2) is 8.42 Å². The van der Waals surface area contributed by atoms with Crippen LogP contribution in [0.25, 0.3) is 0 Å². The van der Waals surface area contributed by atoms with Gasteiger partial charge in [-0.1, -0.05) is 18.2 Å². The number of rotatable bonds is 8. The number of ether oxygens (including phenoxy) is 1. The van der Waals surface area contributed by atoms with Crippen LogP contribution in [0.3, 0.4) is 0 Å². The van der Waals surface area contributed by atoms with Gasteiger partial charge in [0.1, 0.15) is 16.6 Å². The van der Waals surface area contributed by atoms with Gasteiger partial charge >= 0.3 is 0 Å². The number of benzene rings is 2. The summed E-state index contributed by atoms with van der Waals surface area (Å²) in [6, 6.07) is 17.2. The molecule has 146 valence electrons. The van der Waals surface area contributed by atoms with Gasteiger partial charge in [0.15, 0.2) is 0 Å². The highest BCUT2D eigenvalue weighted by atomic mass is 32.2. The molecule has 3 aromatic rings. The predicted molar refractivity (Wildman–Crippen MR) is 111 cm³/mol. The first kappa shape index (κ1) is 19.9. The maximum absolute atomic E-state index is 12.2. The van der Waals surface area contributed by atoms with Crippen molar-refractivity contribution < 1.29 is 17.9 Å². The lowest BCUT2D eigenvalue weighted by molar-refractivity contribution is 0.0947. The molecule has 0 fully saturated rings. The number of carbonyl (C=O) groups excluding carboxylic acids is 1. The zero-order valence-electron chi connectivity index (χ0n) is 15.2. The topological polar surface area (TPSA) is 84.5 Å². The van der Waals surface area contributed by atoms with E-state index in [1.54, 1.807) is 35.7 Å². The molecule has 0 unspecified atom stereocenters. The van der Waals surface area contributed by atoms with Crippen LogP contribution in [0.4, 0.5) is 5.69 Å². The van der Waals surface area contributed by atoms with Gasteiger partial charge in [0, 0.05) is 11.3 Å². The second-order valence-corrected chi connectivity index (χ2v) is 8.89. The first-order valence-electron chi connectivity index (χ1n) is 8.58. The zero-order chi connectivity index (χ0) is 20.0. The molecule has 1 aromatic heterocycles. The van der Waals surface area contributed by atoms with Gasteiger partial charge in [-0.2, -0.15) is 0 Å². The van der Waals surface area contributed by atoms with E-state index in [-0.39, 0.29) is 10.1 Å². The molecular formula is C20H20N2O4S2. The lowest BCUT2D eigenvalue weighted by atomic mass is 10.2. The minimum Gasteiger partial charge on any atom is -0.492 e. The first-order chi connectivity index (χ1) is 13.4. The van der Waals surface area contributed by atoms with Crippen LogP contribution in [0.1, 0.15) is 15.9 Å². The minimum atomic E-state index is -3.60. The average Bonchev–Trinajstić information content (AvgIpc) is 3.21. The van der Waals surface area contributed by atoms with Gasteiger partial charge < -0.3 is 10.1 Å². The third kappa shape index (κ3) is 5.34. The Morgan fingerprint density at radius 2 is 1.86 bits per heavy atom. The van der Waals surface area contributed by atoms with Crippen LogP contribution >= 0.6 is 11.3 Å². The molecule has 0 aliphatic carbocycles. The van der Waals surface area contributed by atoms with Gasteiger partial charge in [0.25, 0.3) is 15.9 Å². The molecule has 6 nitrogen and oxygen atoms in total. The van der Waals surface area contributed by atoms with Crippen molar-refractivity contribution in [2.45, 2.75) is 11.1 Å². The van der Waals surface area contributed by atoms with Crippen LogP contribution in [-0.2, 0) is 10.0 Å². The van der Waals surface area contributed by atoms with Crippen molar-refractivity contribution in [1.29, 1.82) is 0 Å². The van der Waals surface area contributed by atoms with Crippen LogP contribution in [0.2, 0.25) is 0 Å². The Hall–Kier alpha value is -2.84. The fourth-order valence-corrected chi connectivity index (χ4v) is 4.50. The van der Waals surface area contributed by atoms with Crippen LogP contribution < -0.4 is 14.8 Å². The van der Waals surface area contributed by atoms with Gasteiger partial charge in [-0.05, 0) is 60.3 Å². The third-order valence-corrected chi connectivity index (χ3v) is 6.58. The Balaban J connectivity index is 1.49. The summed E-state index contributed by atoms with van der Waals surface area (Å²) >= 11 is 1.14. The van der Waals surface area contributed by atoms with E-state index in [1.807, 2.05) is 31.2 Å². The molecule has 0 saturated carbocycles. The van der Waals surface area contributed by atoms with E-state index in [1.165, 1.54) is 6.07 Å². The van der Waals surface area contributed by atoms with E-state index in [0.717, 1.165) is 22.6 Å². The Labute approximate surface area is 168 Å². The fraction of sp³-hybridized carbons (Fsp3) is 0.150. The van der Waals surface area contributed by atoms with Crippen molar-refractivity contribution in [1.82, 2.24) is 5.32 Å². The van der Waals surface area contributed by atoms with Crippen molar-refractivity contribution >= 4 is 33.0 Å².